The predicted molar refractivity (Wildman–Crippen MR) is 149 cm³/mol. The largest absolute Gasteiger partial charge is 0.380 e. The van der Waals surface area contributed by atoms with Gasteiger partial charge in [0.1, 0.15) is 11.4 Å². The summed E-state index contributed by atoms with van der Waals surface area (Å²) in [6, 6.07) is 11.8. The summed E-state index contributed by atoms with van der Waals surface area (Å²) < 4.78 is 5.49. The maximum atomic E-state index is 13.3. The fourth-order valence-corrected chi connectivity index (χ4v) is 5.41. The maximum Gasteiger partial charge on any atom is 0.265 e. The number of carbonyl (C=O) groups is 1. The molecule has 0 radical (unpaired) electrons. The quantitative estimate of drug-likeness (QED) is 0.470. The first kappa shape index (κ1) is 25.5. The molecule has 0 saturated carbocycles. The number of nitrogens with one attached hydrogen (secondary N) is 2. The number of nitrogens with zero attached hydrogens (tertiary/aromatic N) is 5. The Labute approximate surface area is 226 Å². The number of methoxy groups -OCH3 is 1. The summed E-state index contributed by atoms with van der Waals surface area (Å²) in [7, 11) is 3.56. The number of halogens is 2. The van der Waals surface area contributed by atoms with E-state index in [-0.39, 0.29) is 12.6 Å². The van der Waals surface area contributed by atoms with Gasteiger partial charge in [-0.2, -0.15) is 4.98 Å². The molecule has 0 unspecified atom stereocenters. The molecule has 3 heterocycles. The Morgan fingerprint density at radius 2 is 2.00 bits per heavy atom. The van der Waals surface area contributed by atoms with E-state index in [2.05, 4.69) is 44.6 Å². The highest BCUT2D eigenvalue weighted by Gasteiger charge is 2.32. The van der Waals surface area contributed by atoms with Gasteiger partial charge in [-0.1, -0.05) is 29.3 Å². The molecule has 194 valence electrons. The Balaban J connectivity index is 1.40. The van der Waals surface area contributed by atoms with Crippen LogP contribution >= 0.6 is 23.2 Å². The first-order valence-electron chi connectivity index (χ1n) is 12.1. The van der Waals surface area contributed by atoms with Gasteiger partial charge in [-0.15, -0.1) is 0 Å². The number of ether oxygens (including phenoxy) is 1. The Kier molecular flexibility index (Phi) is 7.39. The van der Waals surface area contributed by atoms with Crippen LogP contribution in [0.25, 0.3) is 0 Å². The molecule has 0 spiro atoms. The van der Waals surface area contributed by atoms with Crippen molar-refractivity contribution in [1.82, 2.24) is 15.3 Å². The van der Waals surface area contributed by atoms with Gasteiger partial charge in [-0.3, -0.25) is 9.69 Å². The number of hydrogen-bond donors (Lipinski definition) is 2. The lowest BCUT2D eigenvalue weighted by Crippen LogP contribution is -2.49. The molecular formula is C26H29Cl2N7O2. The lowest BCUT2D eigenvalue weighted by atomic mass is 10.1. The zero-order valence-corrected chi connectivity index (χ0v) is 22.5. The number of anilines is 5. The van der Waals surface area contributed by atoms with E-state index in [1.165, 1.54) is 11.1 Å². The number of rotatable bonds is 6. The molecule has 1 aromatic heterocycles. The third-order valence-electron chi connectivity index (χ3n) is 6.51. The molecule has 9 nitrogen and oxygen atoms in total. The van der Waals surface area contributed by atoms with Crippen LogP contribution in [0, 0.1) is 0 Å². The van der Waals surface area contributed by atoms with Crippen molar-refractivity contribution in [2.75, 3.05) is 60.5 Å². The molecule has 0 aliphatic carbocycles. The van der Waals surface area contributed by atoms with Crippen LogP contribution in [-0.2, 0) is 11.3 Å². The van der Waals surface area contributed by atoms with Crippen LogP contribution in [0.15, 0.2) is 42.6 Å². The van der Waals surface area contributed by atoms with E-state index in [1.54, 1.807) is 25.3 Å². The van der Waals surface area contributed by atoms with E-state index in [4.69, 9.17) is 27.9 Å². The molecule has 1 amide bonds. The lowest BCUT2D eigenvalue weighted by Gasteiger charge is -2.35. The molecular weight excluding hydrogens is 513 g/mol. The van der Waals surface area contributed by atoms with Crippen LogP contribution in [0.1, 0.15) is 22.8 Å². The van der Waals surface area contributed by atoms with Crippen molar-refractivity contribution >= 4 is 57.9 Å². The minimum Gasteiger partial charge on any atom is -0.380 e. The number of piperazine rings is 1. The van der Waals surface area contributed by atoms with Gasteiger partial charge in [0.05, 0.1) is 29.0 Å². The summed E-state index contributed by atoms with van der Waals surface area (Å²) in [5, 5.41) is 7.58. The number of hydrogen-bond acceptors (Lipinski definition) is 8. The van der Waals surface area contributed by atoms with Crippen LogP contribution in [-0.4, -0.2) is 62.4 Å². The Morgan fingerprint density at radius 3 is 2.73 bits per heavy atom. The van der Waals surface area contributed by atoms with E-state index < -0.39 is 0 Å². The third-order valence-corrected chi connectivity index (χ3v) is 7.12. The Morgan fingerprint density at radius 1 is 1.22 bits per heavy atom. The molecule has 2 aromatic carbocycles. The standard InChI is InChI=1S/C26H29Cl2N7O2/c1-16-13-34(10-9-29-16)22-8-7-18(11-17(22)14-37-3)31-26-30-12-19-24(32-26)33(2)15-35(25(19)36)23-20(27)5-4-6-21(23)28/h4-8,11-12,16,29H,9-10,13-15H2,1-3H3,(H,30,31,32)/t16-/m1/s1. The second-order valence-corrected chi connectivity index (χ2v) is 10.1. The molecule has 2 N–H and O–H groups in total. The second-order valence-electron chi connectivity index (χ2n) is 9.28. The topological polar surface area (TPSA) is 85.9 Å². The maximum absolute atomic E-state index is 13.3. The average molecular weight is 542 g/mol. The van der Waals surface area contributed by atoms with Gasteiger partial charge >= 0.3 is 0 Å². The predicted octanol–water partition coefficient (Wildman–Crippen LogP) is 4.53. The molecule has 1 fully saturated rings. The average Bonchev–Trinajstić information content (AvgIpc) is 2.87. The minimum absolute atomic E-state index is 0.252. The molecule has 37 heavy (non-hydrogen) atoms. The van der Waals surface area contributed by atoms with Crippen LogP contribution in [0.4, 0.5) is 28.8 Å². The minimum atomic E-state index is -0.258. The zero-order chi connectivity index (χ0) is 26.1. The lowest BCUT2D eigenvalue weighted by molar-refractivity contribution is 0.0982. The highest BCUT2D eigenvalue weighted by molar-refractivity contribution is 6.40. The number of amides is 1. The summed E-state index contributed by atoms with van der Waals surface area (Å²) >= 11 is 12.7. The smallest absolute Gasteiger partial charge is 0.265 e. The van der Waals surface area contributed by atoms with Gasteiger partial charge in [0.15, 0.2) is 0 Å². The number of aromatic nitrogens is 2. The van der Waals surface area contributed by atoms with Gasteiger partial charge in [0, 0.05) is 63.0 Å². The summed E-state index contributed by atoms with van der Waals surface area (Å²) in [5.74, 6) is 0.673. The van der Waals surface area contributed by atoms with Gasteiger partial charge in [0.25, 0.3) is 5.91 Å². The first-order valence-corrected chi connectivity index (χ1v) is 12.8. The first-order chi connectivity index (χ1) is 17.9. The van der Waals surface area contributed by atoms with Crippen molar-refractivity contribution in [3.05, 3.63) is 63.8 Å². The van der Waals surface area contributed by atoms with Crippen LogP contribution < -0.4 is 25.3 Å². The fourth-order valence-electron chi connectivity index (χ4n) is 4.81. The van der Waals surface area contributed by atoms with Crippen molar-refractivity contribution in [3.63, 3.8) is 0 Å². The number of benzene rings is 2. The number of carbonyl (C=O) groups excluding carboxylic acids is 1. The van der Waals surface area contributed by atoms with Gasteiger partial charge in [-0.05, 0) is 37.3 Å². The third kappa shape index (κ3) is 5.17. The molecule has 1 saturated heterocycles. The van der Waals surface area contributed by atoms with E-state index in [9.17, 15) is 4.79 Å². The second kappa shape index (κ2) is 10.7. The highest BCUT2D eigenvalue weighted by atomic mass is 35.5. The van der Waals surface area contributed by atoms with Crippen LogP contribution in [0.3, 0.4) is 0 Å². The molecule has 5 rings (SSSR count). The molecule has 0 bridgehead atoms. The van der Waals surface area contributed by atoms with Gasteiger partial charge in [-0.25, -0.2) is 4.98 Å². The number of fused-ring (bicyclic) bond motifs is 1. The SMILES string of the molecule is COCc1cc(Nc2ncc3c(n2)N(C)CN(c2c(Cl)cccc2Cl)C3=O)ccc1N1CCN[C@H](C)C1. The van der Waals surface area contributed by atoms with Crippen LogP contribution in [0.5, 0.6) is 0 Å². The van der Waals surface area contributed by atoms with Crippen molar-refractivity contribution in [1.29, 1.82) is 0 Å². The van der Waals surface area contributed by atoms with Crippen molar-refractivity contribution < 1.29 is 9.53 Å². The summed E-state index contributed by atoms with van der Waals surface area (Å²) in [6.45, 7) is 5.76. The van der Waals surface area contributed by atoms with Gasteiger partial charge in [0.2, 0.25) is 5.95 Å². The van der Waals surface area contributed by atoms with E-state index in [0.717, 1.165) is 36.6 Å². The molecule has 2 aliphatic heterocycles. The molecule has 2 aliphatic rings. The summed E-state index contributed by atoms with van der Waals surface area (Å²) in [4.78, 5) is 28.2. The highest BCUT2D eigenvalue weighted by Crippen LogP contribution is 2.37. The molecule has 11 heteroatoms. The van der Waals surface area contributed by atoms with Crippen LogP contribution in [0.2, 0.25) is 10.0 Å². The van der Waals surface area contributed by atoms with Crippen molar-refractivity contribution in [2.45, 2.75) is 19.6 Å². The van der Waals surface area contributed by atoms with E-state index >= 15 is 0 Å². The Hall–Kier alpha value is -3.11. The monoisotopic (exact) mass is 541 g/mol. The van der Waals surface area contributed by atoms with Crippen molar-refractivity contribution in [3.8, 4) is 0 Å². The molecule has 3 aromatic rings. The van der Waals surface area contributed by atoms with E-state index in [0.29, 0.717) is 45.7 Å². The van der Waals surface area contributed by atoms with Crippen molar-refractivity contribution in [2.24, 2.45) is 0 Å². The Bertz CT molecular complexity index is 1300. The van der Waals surface area contributed by atoms with E-state index in [1.807, 2.05) is 18.0 Å². The van der Waals surface area contributed by atoms with Gasteiger partial charge < -0.3 is 25.2 Å². The molecule has 1 atom stereocenters. The fraction of sp³-hybridized carbons (Fsp3) is 0.346. The normalized spacial score (nSPS) is 17.7. The summed E-state index contributed by atoms with van der Waals surface area (Å²) in [5.41, 5.74) is 3.93. The summed E-state index contributed by atoms with van der Waals surface area (Å²) in [6.07, 6.45) is 1.53. The number of para-hydroxylation sites is 1. The zero-order valence-electron chi connectivity index (χ0n) is 21.0.